The summed E-state index contributed by atoms with van der Waals surface area (Å²) >= 11 is 0. The molecule has 1 fully saturated rings. The van der Waals surface area contributed by atoms with Crippen LogP contribution in [0.15, 0.2) is 6.33 Å². The Bertz CT molecular complexity index is 286. The SMILES string of the molecule is CC(C)n1ncnc1CC1CCNC1. The van der Waals surface area contributed by atoms with E-state index in [9.17, 15) is 0 Å². The van der Waals surface area contributed by atoms with Gasteiger partial charge in [-0.25, -0.2) is 9.67 Å². The summed E-state index contributed by atoms with van der Waals surface area (Å²) in [7, 11) is 0. The Morgan fingerprint density at radius 2 is 2.50 bits per heavy atom. The highest BCUT2D eigenvalue weighted by Gasteiger charge is 2.18. The Hall–Kier alpha value is -0.900. The lowest BCUT2D eigenvalue weighted by Gasteiger charge is -2.11. The monoisotopic (exact) mass is 194 g/mol. The Labute approximate surface area is 84.7 Å². The first-order valence-electron chi connectivity index (χ1n) is 5.36. The van der Waals surface area contributed by atoms with Crippen molar-refractivity contribution in [3.8, 4) is 0 Å². The fourth-order valence-electron chi connectivity index (χ4n) is 2.00. The Morgan fingerprint density at radius 3 is 3.14 bits per heavy atom. The number of aromatic nitrogens is 3. The molecular formula is C10H18N4. The molecule has 0 spiro atoms. The normalized spacial score (nSPS) is 22.1. The van der Waals surface area contributed by atoms with E-state index in [0.29, 0.717) is 6.04 Å². The predicted molar refractivity (Wildman–Crippen MR) is 55.1 cm³/mol. The van der Waals surface area contributed by atoms with Crippen molar-refractivity contribution in [1.82, 2.24) is 20.1 Å². The first kappa shape index (κ1) is 9.65. The van der Waals surface area contributed by atoms with E-state index in [2.05, 4.69) is 29.2 Å². The summed E-state index contributed by atoms with van der Waals surface area (Å²) in [5.41, 5.74) is 0. The molecule has 0 amide bonds. The van der Waals surface area contributed by atoms with E-state index < -0.39 is 0 Å². The van der Waals surface area contributed by atoms with Crippen molar-refractivity contribution in [2.75, 3.05) is 13.1 Å². The van der Waals surface area contributed by atoms with Crippen molar-refractivity contribution < 1.29 is 0 Å². The Morgan fingerprint density at radius 1 is 1.64 bits per heavy atom. The second-order valence-electron chi connectivity index (χ2n) is 4.28. The lowest BCUT2D eigenvalue weighted by atomic mass is 10.0. The Balaban J connectivity index is 2.04. The van der Waals surface area contributed by atoms with Crippen molar-refractivity contribution >= 4 is 0 Å². The van der Waals surface area contributed by atoms with Gasteiger partial charge < -0.3 is 5.32 Å². The summed E-state index contributed by atoms with van der Waals surface area (Å²) < 4.78 is 2.03. The highest BCUT2D eigenvalue weighted by atomic mass is 15.3. The third-order valence-electron chi connectivity index (χ3n) is 2.77. The van der Waals surface area contributed by atoms with Gasteiger partial charge in [0.25, 0.3) is 0 Å². The smallest absolute Gasteiger partial charge is 0.138 e. The van der Waals surface area contributed by atoms with Crippen molar-refractivity contribution in [3.63, 3.8) is 0 Å². The maximum absolute atomic E-state index is 4.32. The molecule has 1 aromatic rings. The summed E-state index contributed by atoms with van der Waals surface area (Å²) in [6.45, 7) is 6.57. The van der Waals surface area contributed by atoms with E-state index in [1.165, 1.54) is 6.42 Å². The second-order valence-corrected chi connectivity index (χ2v) is 4.28. The Kier molecular flexibility index (Phi) is 2.82. The first-order valence-corrected chi connectivity index (χ1v) is 5.36. The fraction of sp³-hybridized carbons (Fsp3) is 0.800. The third kappa shape index (κ3) is 1.95. The van der Waals surface area contributed by atoms with Crippen LogP contribution in [0.2, 0.25) is 0 Å². The number of rotatable bonds is 3. The van der Waals surface area contributed by atoms with E-state index in [4.69, 9.17) is 0 Å². The van der Waals surface area contributed by atoms with Crippen LogP contribution in [0.5, 0.6) is 0 Å². The molecular weight excluding hydrogens is 176 g/mol. The average molecular weight is 194 g/mol. The molecule has 1 N–H and O–H groups in total. The van der Waals surface area contributed by atoms with Gasteiger partial charge in [-0.2, -0.15) is 5.10 Å². The molecule has 1 aromatic heterocycles. The van der Waals surface area contributed by atoms with E-state index in [1.807, 2.05) is 4.68 Å². The highest BCUT2D eigenvalue weighted by molar-refractivity contribution is 4.91. The zero-order valence-corrected chi connectivity index (χ0v) is 8.90. The fourth-order valence-corrected chi connectivity index (χ4v) is 2.00. The molecule has 0 aliphatic carbocycles. The minimum atomic E-state index is 0.418. The average Bonchev–Trinajstić information content (AvgIpc) is 2.75. The topological polar surface area (TPSA) is 42.7 Å². The summed E-state index contributed by atoms with van der Waals surface area (Å²) in [4.78, 5) is 4.32. The van der Waals surface area contributed by atoms with Gasteiger partial charge in [0.15, 0.2) is 0 Å². The van der Waals surface area contributed by atoms with Crippen LogP contribution in [0.25, 0.3) is 0 Å². The molecule has 2 heterocycles. The second kappa shape index (κ2) is 4.09. The molecule has 1 saturated heterocycles. The van der Waals surface area contributed by atoms with E-state index in [0.717, 1.165) is 31.3 Å². The largest absolute Gasteiger partial charge is 0.316 e. The lowest BCUT2D eigenvalue weighted by molar-refractivity contribution is 0.470. The zero-order chi connectivity index (χ0) is 9.97. The van der Waals surface area contributed by atoms with Crippen LogP contribution in [0.3, 0.4) is 0 Å². The van der Waals surface area contributed by atoms with Crippen LogP contribution in [0.1, 0.15) is 32.1 Å². The summed E-state index contributed by atoms with van der Waals surface area (Å²) in [6, 6.07) is 0.418. The quantitative estimate of drug-likeness (QED) is 0.781. The van der Waals surface area contributed by atoms with Crippen molar-refractivity contribution in [3.05, 3.63) is 12.2 Å². The maximum atomic E-state index is 4.32. The summed E-state index contributed by atoms with van der Waals surface area (Å²) in [5, 5.41) is 7.62. The van der Waals surface area contributed by atoms with Gasteiger partial charge in [0.05, 0.1) is 0 Å². The molecule has 1 aliphatic heterocycles. The summed E-state index contributed by atoms with van der Waals surface area (Å²) in [6.07, 6.45) is 3.99. The van der Waals surface area contributed by atoms with E-state index in [-0.39, 0.29) is 0 Å². The predicted octanol–water partition coefficient (Wildman–Crippen LogP) is 1.01. The molecule has 1 aliphatic rings. The third-order valence-corrected chi connectivity index (χ3v) is 2.77. The molecule has 4 heteroatoms. The molecule has 0 saturated carbocycles. The van der Waals surface area contributed by atoms with Gasteiger partial charge >= 0.3 is 0 Å². The zero-order valence-electron chi connectivity index (χ0n) is 8.90. The molecule has 0 aromatic carbocycles. The molecule has 2 rings (SSSR count). The molecule has 1 atom stereocenters. The van der Waals surface area contributed by atoms with Crippen LogP contribution in [0, 0.1) is 5.92 Å². The van der Waals surface area contributed by atoms with Gasteiger partial charge in [0, 0.05) is 12.5 Å². The first-order chi connectivity index (χ1) is 6.77. The molecule has 1 unspecified atom stereocenters. The van der Waals surface area contributed by atoms with Gasteiger partial charge in [0.2, 0.25) is 0 Å². The minimum absolute atomic E-state index is 0.418. The van der Waals surface area contributed by atoms with Crippen LogP contribution >= 0.6 is 0 Å². The van der Waals surface area contributed by atoms with Gasteiger partial charge in [-0.1, -0.05) is 0 Å². The van der Waals surface area contributed by atoms with Gasteiger partial charge in [-0.05, 0) is 39.3 Å². The molecule has 14 heavy (non-hydrogen) atoms. The minimum Gasteiger partial charge on any atom is -0.316 e. The maximum Gasteiger partial charge on any atom is 0.138 e. The molecule has 4 nitrogen and oxygen atoms in total. The van der Waals surface area contributed by atoms with Crippen LogP contribution in [-0.4, -0.2) is 27.9 Å². The number of nitrogens with one attached hydrogen (secondary N) is 1. The standard InChI is InChI=1S/C10H18N4/c1-8(2)14-10(12-7-13-14)5-9-3-4-11-6-9/h7-9,11H,3-6H2,1-2H3. The number of nitrogens with zero attached hydrogens (tertiary/aromatic N) is 3. The number of hydrogen-bond acceptors (Lipinski definition) is 3. The van der Waals surface area contributed by atoms with Gasteiger partial charge in [0.1, 0.15) is 12.2 Å². The highest BCUT2D eigenvalue weighted by Crippen LogP contribution is 2.15. The van der Waals surface area contributed by atoms with Crippen molar-refractivity contribution in [2.45, 2.75) is 32.7 Å². The van der Waals surface area contributed by atoms with E-state index in [1.54, 1.807) is 6.33 Å². The summed E-state index contributed by atoms with van der Waals surface area (Å²) in [5.74, 6) is 1.88. The molecule has 78 valence electrons. The van der Waals surface area contributed by atoms with Gasteiger partial charge in [-0.3, -0.25) is 0 Å². The molecule has 0 radical (unpaired) electrons. The number of hydrogen-bond donors (Lipinski definition) is 1. The van der Waals surface area contributed by atoms with Gasteiger partial charge in [-0.15, -0.1) is 0 Å². The van der Waals surface area contributed by atoms with Crippen molar-refractivity contribution in [1.29, 1.82) is 0 Å². The molecule has 0 bridgehead atoms. The van der Waals surface area contributed by atoms with Crippen LogP contribution < -0.4 is 5.32 Å². The lowest BCUT2D eigenvalue weighted by Crippen LogP contribution is -2.15. The van der Waals surface area contributed by atoms with Crippen LogP contribution in [0.4, 0.5) is 0 Å². The van der Waals surface area contributed by atoms with Crippen molar-refractivity contribution in [2.24, 2.45) is 5.92 Å². The van der Waals surface area contributed by atoms with E-state index >= 15 is 0 Å². The van der Waals surface area contributed by atoms with Crippen LogP contribution in [-0.2, 0) is 6.42 Å².